The number of fused-ring (bicyclic) bond motifs is 1. The van der Waals surface area contributed by atoms with Crippen molar-refractivity contribution in [1.82, 2.24) is 4.98 Å². The first kappa shape index (κ1) is 12.7. The zero-order chi connectivity index (χ0) is 13.9. The van der Waals surface area contributed by atoms with Crippen molar-refractivity contribution in [3.63, 3.8) is 0 Å². The van der Waals surface area contributed by atoms with Crippen LogP contribution in [0.25, 0.3) is 0 Å². The van der Waals surface area contributed by atoms with Crippen LogP contribution in [0.5, 0.6) is 0 Å². The second-order valence-corrected chi connectivity index (χ2v) is 5.17. The summed E-state index contributed by atoms with van der Waals surface area (Å²) < 4.78 is 0. The first-order valence-electron chi connectivity index (χ1n) is 7.03. The largest absolute Gasteiger partial charge is 0.325 e. The summed E-state index contributed by atoms with van der Waals surface area (Å²) in [7, 11) is 0. The molecule has 0 saturated carbocycles. The lowest BCUT2D eigenvalue weighted by molar-refractivity contribution is 0.757. The molecule has 0 bridgehead atoms. The summed E-state index contributed by atoms with van der Waals surface area (Å²) in [6.07, 6.45) is 3.40. The van der Waals surface area contributed by atoms with Crippen molar-refractivity contribution in [2.24, 2.45) is 0 Å². The van der Waals surface area contributed by atoms with Gasteiger partial charge in [0.2, 0.25) is 0 Å². The number of anilines is 2. The van der Waals surface area contributed by atoms with Gasteiger partial charge in [-0.15, -0.1) is 0 Å². The summed E-state index contributed by atoms with van der Waals surface area (Å²) in [6.45, 7) is 2.89. The van der Waals surface area contributed by atoms with Crippen molar-refractivity contribution in [2.75, 3.05) is 11.4 Å². The van der Waals surface area contributed by atoms with Crippen molar-refractivity contribution < 1.29 is 0 Å². The Balaban J connectivity index is 2.15. The minimum absolute atomic E-state index is 0.646. The van der Waals surface area contributed by atoms with Crippen LogP contribution in [0.2, 0.25) is 0 Å². The number of nitrogens with zero attached hydrogens (tertiary/aromatic N) is 3. The van der Waals surface area contributed by atoms with Crippen molar-refractivity contribution in [2.45, 2.75) is 26.2 Å². The number of hydrogen-bond donors (Lipinski definition) is 0. The van der Waals surface area contributed by atoms with Gasteiger partial charge in [-0.3, -0.25) is 0 Å². The average molecular weight is 263 g/mol. The lowest BCUT2D eigenvalue weighted by Crippen LogP contribution is -2.20. The van der Waals surface area contributed by atoms with Crippen LogP contribution >= 0.6 is 0 Å². The molecule has 1 aliphatic rings. The van der Waals surface area contributed by atoms with Gasteiger partial charge in [0.1, 0.15) is 6.07 Å². The highest BCUT2D eigenvalue weighted by Crippen LogP contribution is 2.33. The Hall–Kier alpha value is -2.34. The zero-order valence-corrected chi connectivity index (χ0v) is 11.6. The normalized spacial score (nSPS) is 14.3. The number of benzene rings is 1. The standard InChI is InChI=1S/C17H17N3/c1-13-9-10-15(12-18)17(19-13)20-11-5-4-7-14-6-2-3-8-16(14)20/h2-3,6,8-10H,4-5,7,11H2,1H3. The molecule has 0 spiro atoms. The highest BCUT2D eigenvalue weighted by atomic mass is 15.2. The van der Waals surface area contributed by atoms with E-state index in [0.29, 0.717) is 5.56 Å². The van der Waals surface area contributed by atoms with E-state index in [4.69, 9.17) is 0 Å². The smallest absolute Gasteiger partial charge is 0.151 e. The summed E-state index contributed by atoms with van der Waals surface area (Å²) in [6, 6.07) is 14.5. The average Bonchev–Trinajstić information content (AvgIpc) is 2.69. The molecule has 3 nitrogen and oxygen atoms in total. The molecule has 0 fully saturated rings. The van der Waals surface area contributed by atoms with Gasteiger partial charge < -0.3 is 4.90 Å². The Bertz CT molecular complexity index is 670. The lowest BCUT2D eigenvalue weighted by Gasteiger charge is -2.25. The molecule has 3 rings (SSSR count). The molecule has 20 heavy (non-hydrogen) atoms. The van der Waals surface area contributed by atoms with Crippen LogP contribution in [0.15, 0.2) is 36.4 Å². The number of rotatable bonds is 1. The van der Waals surface area contributed by atoms with Gasteiger partial charge in [0.15, 0.2) is 5.82 Å². The fraction of sp³-hybridized carbons (Fsp3) is 0.294. The number of pyridine rings is 1. The monoisotopic (exact) mass is 263 g/mol. The Morgan fingerprint density at radius 1 is 1.15 bits per heavy atom. The van der Waals surface area contributed by atoms with Gasteiger partial charge in [-0.05, 0) is 49.9 Å². The van der Waals surface area contributed by atoms with Gasteiger partial charge >= 0.3 is 0 Å². The van der Waals surface area contributed by atoms with Crippen molar-refractivity contribution in [3.8, 4) is 6.07 Å². The molecule has 3 heteroatoms. The Morgan fingerprint density at radius 3 is 2.85 bits per heavy atom. The van der Waals surface area contributed by atoms with Gasteiger partial charge in [-0.1, -0.05) is 18.2 Å². The van der Waals surface area contributed by atoms with Gasteiger partial charge in [-0.25, -0.2) is 4.98 Å². The maximum Gasteiger partial charge on any atom is 0.151 e. The van der Waals surface area contributed by atoms with E-state index in [9.17, 15) is 5.26 Å². The molecule has 0 radical (unpaired) electrons. The fourth-order valence-corrected chi connectivity index (χ4v) is 2.75. The van der Waals surface area contributed by atoms with Crippen LogP contribution in [0.4, 0.5) is 11.5 Å². The molecule has 0 N–H and O–H groups in total. The van der Waals surface area contributed by atoms with E-state index in [2.05, 4.69) is 40.2 Å². The van der Waals surface area contributed by atoms with Crippen LogP contribution in [-0.2, 0) is 6.42 Å². The maximum atomic E-state index is 9.34. The van der Waals surface area contributed by atoms with Gasteiger partial charge in [-0.2, -0.15) is 5.26 Å². The third kappa shape index (κ3) is 2.25. The fourth-order valence-electron chi connectivity index (χ4n) is 2.75. The molecule has 1 aliphatic heterocycles. The van der Waals surface area contributed by atoms with E-state index in [1.165, 1.54) is 17.7 Å². The number of hydrogen-bond acceptors (Lipinski definition) is 3. The second kappa shape index (κ2) is 5.34. The van der Waals surface area contributed by atoms with Crippen LogP contribution in [0.1, 0.15) is 29.7 Å². The Morgan fingerprint density at radius 2 is 2.00 bits per heavy atom. The van der Waals surface area contributed by atoms with Gasteiger partial charge in [0.05, 0.1) is 5.56 Å². The molecule has 2 heterocycles. The second-order valence-electron chi connectivity index (χ2n) is 5.17. The molecule has 0 atom stereocenters. The van der Waals surface area contributed by atoms with Crippen LogP contribution in [0, 0.1) is 18.3 Å². The Labute approximate surface area is 119 Å². The zero-order valence-electron chi connectivity index (χ0n) is 11.6. The third-order valence-electron chi connectivity index (χ3n) is 3.75. The first-order chi connectivity index (χ1) is 9.79. The van der Waals surface area contributed by atoms with Crippen LogP contribution < -0.4 is 4.90 Å². The first-order valence-corrected chi connectivity index (χ1v) is 7.03. The predicted molar refractivity (Wildman–Crippen MR) is 80.1 cm³/mol. The molecular weight excluding hydrogens is 246 g/mol. The van der Waals surface area contributed by atoms with Crippen LogP contribution in [-0.4, -0.2) is 11.5 Å². The molecule has 0 aliphatic carbocycles. The van der Waals surface area contributed by atoms with E-state index >= 15 is 0 Å². The van der Waals surface area contributed by atoms with E-state index in [0.717, 1.165) is 30.9 Å². The van der Waals surface area contributed by atoms with Crippen molar-refractivity contribution in [3.05, 3.63) is 53.2 Å². The number of nitriles is 1. The minimum Gasteiger partial charge on any atom is -0.325 e. The summed E-state index contributed by atoms with van der Waals surface area (Å²) in [5.74, 6) is 0.793. The summed E-state index contributed by atoms with van der Waals surface area (Å²) in [4.78, 5) is 6.81. The number of aromatic nitrogens is 1. The van der Waals surface area contributed by atoms with E-state index < -0.39 is 0 Å². The topological polar surface area (TPSA) is 39.9 Å². The molecular formula is C17H17N3. The van der Waals surface area contributed by atoms with Crippen LogP contribution in [0.3, 0.4) is 0 Å². The quantitative estimate of drug-likeness (QED) is 0.787. The molecule has 100 valence electrons. The van der Waals surface area contributed by atoms with Crippen molar-refractivity contribution in [1.29, 1.82) is 5.26 Å². The van der Waals surface area contributed by atoms with Crippen molar-refractivity contribution >= 4 is 11.5 Å². The molecule has 0 saturated heterocycles. The van der Waals surface area contributed by atoms with E-state index in [1.54, 1.807) is 0 Å². The van der Waals surface area contributed by atoms with E-state index in [1.807, 2.05) is 19.1 Å². The molecule has 1 aromatic heterocycles. The molecule has 0 amide bonds. The van der Waals surface area contributed by atoms with Gasteiger partial charge in [0.25, 0.3) is 0 Å². The summed E-state index contributed by atoms with van der Waals surface area (Å²) in [5.41, 5.74) is 4.13. The third-order valence-corrected chi connectivity index (χ3v) is 3.75. The summed E-state index contributed by atoms with van der Waals surface area (Å²) in [5, 5.41) is 9.34. The molecule has 2 aromatic rings. The summed E-state index contributed by atoms with van der Waals surface area (Å²) >= 11 is 0. The number of para-hydroxylation sites is 1. The predicted octanol–water partition coefficient (Wildman–Crippen LogP) is 3.74. The maximum absolute atomic E-state index is 9.34. The number of aryl methyl sites for hydroxylation is 2. The minimum atomic E-state index is 0.646. The Kier molecular flexibility index (Phi) is 3.39. The lowest BCUT2D eigenvalue weighted by atomic mass is 10.1. The molecule has 0 unspecified atom stereocenters. The highest BCUT2D eigenvalue weighted by molar-refractivity contribution is 5.69. The van der Waals surface area contributed by atoms with Gasteiger partial charge in [0, 0.05) is 17.9 Å². The SMILES string of the molecule is Cc1ccc(C#N)c(N2CCCCc3ccccc32)n1. The molecule has 1 aromatic carbocycles. The highest BCUT2D eigenvalue weighted by Gasteiger charge is 2.20. The van der Waals surface area contributed by atoms with E-state index in [-0.39, 0.29) is 0 Å².